The monoisotopic (exact) mass is 242 g/mol. The molecule has 0 saturated carbocycles. The number of nitro benzene ring substituents is 1. The molecule has 0 amide bonds. The summed E-state index contributed by atoms with van der Waals surface area (Å²) in [6, 6.07) is 2.12. The van der Waals surface area contributed by atoms with Crippen molar-refractivity contribution in [2.75, 3.05) is 7.11 Å². The summed E-state index contributed by atoms with van der Waals surface area (Å²) >= 11 is 0. The highest BCUT2D eigenvalue weighted by Crippen LogP contribution is 2.26. The summed E-state index contributed by atoms with van der Waals surface area (Å²) in [5.74, 6) is -1.32. The number of esters is 1. The molecule has 0 unspecified atom stereocenters. The van der Waals surface area contributed by atoms with Crippen molar-refractivity contribution in [3.63, 3.8) is 0 Å². The van der Waals surface area contributed by atoms with Gasteiger partial charge in [-0.3, -0.25) is 14.9 Å². The normalized spacial score (nSPS) is 11.9. The van der Waals surface area contributed by atoms with Gasteiger partial charge in [0.25, 0.3) is 5.69 Å². The molecule has 2 N–H and O–H groups in total. The second-order valence-electron chi connectivity index (χ2n) is 3.35. The molecule has 0 fully saturated rings. The van der Waals surface area contributed by atoms with Crippen LogP contribution in [0.2, 0.25) is 0 Å². The minimum atomic E-state index is -0.900. The molecule has 0 spiro atoms. The molecule has 1 aromatic rings. The van der Waals surface area contributed by atoms with E-state index in [9.17, 15) is 19.3 Å². The van der Waals surface area contributed by atoms with Gasteiger partial charge in [0, 0.05) is 11.6 Å². The van der Waals surface area contributed by atoms with Crippen molar-refractivity contribution in [2.24, 2.45) is 5.73 Å². The number of methoxy groups -OCH3 is 1. The van der Waals surface area contributed by atoms with Gasteiger partial charge in [-0.2, -0.15) is 0 Å². The number of halogens is 1. The Bertz CT molecular complexity index is 450. The Morgan fingerprint density at radius 2 is 2.29 bits per heavy atom. The van der Waals surface area contributed by atoms with Crippen molar-refractivity contribution in [1.82, 2.24) is 0 Å². The van der Waals surface area contributed by atoms with Gasteiger partial charge in [0.1, 0.15) is 5.82 Å². The van der Waals surface area contributed by atoms with E-state index >= 15 is 0 Å². The number of rotatable bonds is 4. The van der Waals surface area contributed by atoms with Gasteiger partial charge >= 0.3 is 5.97 Å². The highest BCUT2D eigenvalue weighted by Gasteiger charge is 2.22. The molecule has 0 aliphatic carbocycles. The standard InChI is InChI=1S/C10H11FN2O4/c1-17-10(14)5-8(12)7-3-2-6(11)4-9(7)13(15)16/h2-4,8H,5,12H2,1H3/t8-/m0/s1. The molecule has 92 valence electrons. The van der Waals surface area contributed by atoms with Gasteiger partial charge in [-0.1, -0.05) is 0 Å². The van der Waals surface area contributed by atoms with Crippen molar-refractivity contribution in [2.45, 2.75) is 12.5 Å². The topological polar surface area (TPSA) is 95.5 Å². The molecule has 0 aliphatic heterocycles. The molecule has 0 radical (unpaired) electrons. The fourth-order valence-corrected chi connectivity index (χ4v) is 1.36. The number of benzene rings is 1. The Balaban J connectivity index is 3.04. The van der Waals surface area contributed by atoms with E-state index in [1.165, 1.54) is 13.2 Å². The van der Waals surface area contributed by atoms with E-state index in [4.69, 9.17) is 5.73 Å². The van der Waals surface area contributed by atoms with E-state index in [2.05, 4.69) is 4.74 Å². The van der Waals surface area contributed by atoms with E-state index in [0.29, 0.717) is 0 Å². The Labute approximate surface area is 96.3 Å². The lowest BCUT2D eigenvalue weighted by molar-refractivity contribution is -0.385. The van der Waals surface area contributed by atoms with Crippen LogP contribution in [0, 0.1) is 15.9 Å². The van der Waals surface area contributed by atoms with Crippen LogP contribution in [0.3, 0.4) is 0 Å². The third kappa shape index (κ3) is 3.22. The lowest BCUT2D eigenvalue weighted by atomic mass is 10.0. The quantitative estimate of drug-likeness (QED) is 0.487. The maximum absolute atomic E-state index is 12.9. The molecule has 0 aliphatic rings. The Kier molecular flexibility index (Phi) is 4.11. The van der Waals surface area contributed by atoms with Crippen LogP contribution in [0.15, 0.2) is 18.2 Å². The summed E-state index contributed by atoms with van der Waals surface area (Å²) in [7, 11) is 1.19. The van der Waals surface area contributed by atoms with Crippen molar-refractivity contribution < 1.29 is 18.8 Å². The van der Waals surface area contributed by atoms with E-state index in [-0.39, 0.29) is 12.0 Å². The Morgan fingerprint density at radius 3 is 2.82 bits per heavy atom. The minimum Gasteiger partial charge on any atom is -0.469 e. The molecule has 1 aromatic carbocycles. The SMILES string of the molecule is COC(=O)C[C@H](N)c1ccc(F)cc1[N+](=O)[O-]. The summed E-state index contributed by atoms with van der Waals surface area (Å²) in [6.07, 6.45) is -0.205. The molecular formula is C10H11FN2O4. The predicted octanol–water partition coefficient (Wildman–Crippen LogP) is 1.30. The van der Waals surface area contributed by atoms with E-state index < -0.39 is 28.4 Å². The smallest absolute Gasteiger partial charge is 0.307 e. The number of carbonyl (C=O) groups is 1. The molecule has 7 heteroatoms. The van der Waals surface area contributed by atoms with Gasteiger partial charge in [0.15, 0.2) is 0 Å². The van der Waals surface area contributed by atoms with Crippen LogP contribution in [-0.2, 0) is 9.53 Å². The molecule has 0 bridgehead atoms. The molecule has 0 saturated heterocycles. The van der Waals surface area contributed by atoms with Gasteiger partial charge in [0.05, 0.1) is 24.5 Å². The summed E-state index contributed by atoms with van der Waals surface area (Å²) in [5.41, 5.74) is 5.29. The van der Waals surface area contributed by atoms with Gasteiger partial charge in [-0.25, -0.2) is 4.39 Å². The van der Waals surface area contributed by atoms with E-state index in [1.807, 2.05) is 0 Å². The highest BCUT2D eigenvalue weighted by molar-refractivity contribution is 5.70. The van der Waals surface area contributed by atoms with Crippen LogP contribution < -0.4 is 5.73 Å². The third-order valence-electron chi connectivity index (χ3n) is 2.20. The summed E-state index contributed by atoms with van der Waals surface area (Å²) in [5, 5.41) is 10.7. The summed E-state index contributed by atoms with van der Waals surface area (Å²) < 4.78 is 17.3. The van der Waals surface area contributed by atoms with Gasteiger partial charge in [-0.15, -0.1) is 0 Å². The zero-order valence-electron chi connectivity index (χ0n) is 9.05. The van der Waals surface area contributed by atoms with Gasteiger partial charge in [0.2, 0.25) is 0 Å². The number of hydrogen-bond acceptors (Lipinski definition) is 5. The van der Waals surface area contributed by atoms with Crippen LogP contribution in [0.5, 0.6) is 0 Å². The largest absolute Gasteiger partial charge is 0.469 e. The van der Waals surface area contributed by atoms with E-state index in [1.54, 1.807) is 0 Å². The van der Waals surface area contributed by atoms with Crippen molar-refractivity contribution in [3.05, 3.63) is 39.7 Å². The number of ether oxygens (including phenoxy) is 1. The first-order valence-electron chi connectivity index (χ1n) is 4.72. The fraction of sp³-hybridized carbons (Fsp3) is 0.300. The van der Waals surface area contributed by atoms with Crippen molar-refractivity contribution >= 4 is 11.7 Å². The number of carbonyl (C=O) groups excluding carboxylic acids is 1. The zero-order valence-corrected chi connectivity index (χ0v) is 9.05. The van der Waals surface area contributed by atoms with Crippen LogP contribution in [0.1, 0.15) is 18.0 Å². The molecule has 1 rings (SSSR count). The minimum absolute atomic E-state index is 0.0989. The Morgan fingerprint density at radius 1 is 1.65 bits per heavy atom. The first-order chi connectivity index (χ1) is 7.95. The van der Waals surface area contributed by atoms with Crippen molar-refractivity contribution in [3.8, 4) is 0 Å². The molecule has 1 atom stereocenters. The average Bonchev–Trinajstić information content (AvgIpc) is 2.28. The molecule has 17 heavy (non-hydrogen) atoms. The number of nitrogens with two attached hydrogens (primary N) is 1. The second-order valence-corrected chi connectivity index (χ2v) is 3.35. The van der Waals surface area contributed by atoms with Crippen LogP contribution >= 0.6 is 0 Å². The van der Waals surface area contributed by atoms with Crippen LogP contribution in [0.25, 0.3) is 0 Å². The maximum atomic E-state index is 12.9. The maximum Gasteiger partial charge on any atom is 0.307 e. The van der Waals surface area contributed by atoms with Gasteiger partial charge in [-0.05, 0) is 12.1 Å². The first-order valence-corrected chi connectivity index (χ1v) is 4.72. The predicted molar refractivity (Wildman–Crippen MR) is 56.6 cm³/mol. The summed E-state index contributed by atoms with van der Waals surface area (Å²) in [6.45, 7) is 0. The molecule has 0 aromatic heterocycles. The lowest BCUT2D eigenvalue weighted by Crippen LogP contribution is -2.17. The average molecular weight is 242 g/mol. The number of hydrogen-bond donors (Lipinski definition) is 1. The first kappa shape index (κ1) is 13.0. The third-order valence-corrected chi connectivity index (χ3v) is 2.20. The molecular weight excluding hydrogens is 231 g/mol. The lowest BCUT2D eigenvalue weighted by Gasteiger charge is -2.10. The highest BCUT2D eigenvalue weighted by atomic mass is 19.1. The van der Waals surface area contributed by atoms with Crippen molar-refractivity contribution in [1.29, 1.82) is 0 Å². The zero-order chi connectivity index (χ0) is 13.0. The fourth-order valence-electron chi connectivity index (χ4n) is 1.36. The second kappa shape index (κ2) is 5.35. The molecule has 0 heterocycles. The number of nitro groups is 1. The van der Waals surface area contributed by atoms with Crippen LogP contribution in [0.4, 0.5) is 10.1 Å². The van der Waals surface area contributed by atoms with Gasteiger partial charge < -0.3 is 10.5 Å². The summed E-state index contributed by atoms with van der Waals surface area (Å²) in [4.78, 5) is 21.0. The number of nitrogens with zero attached hydrogens (tertiary/aromatic N) is 1. The van der Waals surface area contributed by atoms with Crippen LogP contribution in [-0.4, -0.2) is 18.0 Å². The molecule has 6 nitrogen and oxygen atoms in total. The Hall–Kier alpha value is -2.02. The van der Waals surface area contributed by atoms with E-state index in [0.717, 1.165) is 12.1 Å².